The summed E-state index contributed by atoms with van der Waals surface area (Å²) in [5.74, 6) is -0.109. The molecule has 126 valence electrons. The Labute approximate surface area is 131 Å². The van der Waals surface area contributed by atoms with Crippen molar-refractivity contribution in [1.82, 2.24) is 10.6 Å². The van der Waals surface area contributed by atoms with Gasteiger partial charge in [-0.15, -0.1) is 0 Å². The first-order chi connectivity index (χ1) is 10.5. The Hall–Kier alpha value is -1.73. The minimum Gasteiger partial charge on any atom is -0.377 e. The zero-order chi connectivity index (χ0) is 16.8. The van der Waals surface area contributed by atoms with Crippen molar-refractivity contribution in [2.45, 2.75) is 26.8 Å². The summed E-state index contributed by atoms with van der Waals surface area (Å²) >= 11 is 0. The Bertz CT molecular complexity index is 369. The normalized spacial score (nSPS) is 12.4. The Balaban J connectivity index is 3.43. The van der Waals surface area contributed by atoms with E-state index in [4.69, 9.17) is 9.47 Å². The second-order valence-electron chi connectivity index (χ2n) is 5.05. The zero-order valence-corrected chi connectivity index (χ0v) is 13.5. The molecule has 0 aromatic rings. The van der Waals surface area contributed by atoms with Crippen molar-refractivity contribution in [3.05, 3.63) is 12.2 Å². The average Bonchev–Trinajstić information content (AvgIpc) is 2.47. The van der Waals surface area contributed by atoms with E-state index in [2.05, 4.69) is 10.6 Å². The molecule has 0 saturated carbocycles. The van der Waals surface area contributed by atoms with Crippen molar-refractivity contribution in [3.8, 4) is 0 Å². The van der Waals surface area contributed by atoms with Gasteiger partial charge in [0.05, 0.1) is 19.8 Å². The van der Waals surface area contributed by atoms with Crippen molar-refractivity contribution in [3.63, 3.8) is 0 Å². The van der Waals surface area contributed by atoms with E-state index in [9.17, 15) is 14.4 Å². The topological polar surface area (TPSA) is 93.7 Å². The molecule has 22 heavy (non-hydrogen) atoms. The number of nitrogens with one attached hydrogen (secondary N) is 2. The van der Waals surface area contributed by atoms with Crippen LogP contribution in [0.25, 0.3) is 0 Å². The van der Waals surface area contributed by atoms with Crippen molar-refractivity contribution >= 4 is 18.1 Å². The highest BCUT2D eigenvalue weighted by Crippen LogP contribution is 1.99. The van der Waals surface area contributed by atoms with Gasteiger partial charge in [-0.25, -0.2) is 0 Å². The highest BCUT2D eigenvalue weighted by atomic mass is 16.5. The van der Waals surface area contributed by atoms with Crippen LogP contribution in [0.1, 0.15) is 20.8 Å². The van der Waals surface area contributed by atoms with Crippen LogP contribution in [0.15, 0.2) is 12.2 Å². The maximum atomic E-state index is 11.5. The smallest absolute Gasteiger partial charge is 0.246 e. The number of aldehydes is 1. The summed E-state index contributed by atoms with van der Waals surface area (Å²) < 4.78 is 10.4. The molecular formula is C15H26N2O5. The van der Waals surface area contributed by atoms with Crippen molar-refractivity contribution in [1.29, 1.82) is 0 Å². The Morgan fingerprint density at radius 1 is 1.09 bits per heavy atom. The molecule has 2 amide bonds. The first kappa shape index (κ1) is 20.3. The first-order valence-electron chi connectivity index (χ1n) is 7.32. The van der Waals surface area contributed by atoms with Crippen LogP contribution in [0.3, 0.4) is 0 Å². The number of ether oxygens (including phenoxy) is 2. The molecule has 0 radical (unpaired) electrons. The third-order valence-electron chi connectivity index (χ3n) is 2.87. The second-order valence-corrected chi connectivity index (χ2v) is 5.05. The Morgan fingerprint density at radius 3 is 2.41 bits per heavy atom. The number of amides is 2. The quantitative estimate of drug-likeness (QED) is 0.302. The molecule has 0 rings (SSSR count). The van der Waals surface area contributed by atoms with Crippen molar-refractivity contribution in [2.24, 2.45) is 5.92 Å². The van der Waals surface area contributed by atoms with Crippen molar-refractivity contribution < 1.29 is 23.9 Å². The number of carbonyl (C=O) groups is 3. The number of hydrogen-bond acceptors (Lipinski definition) is 5. The van der Waals surface area contributed by atoms with Gasteiger partial charge in [0, 0.05) is 18.7 Å². The van der Waals surface area contributed by atoms with E-state index >= 15 is 0 Å². The first-order valence-corrected chi connectivity index (χ1v) is 7.32. The monoisotopic (exact) mass is 314 g/mol. The van der Waals surface area contributed by atoms with Gasteiger partial charge in [-0.3, -0.25) is 14.4 Å². The maximum Gasteiger partial charge on any atom is 0.246 e. The molecule has 0 aromatic carbocycles. The fourth-order valence-electron chi connectivity index (χ4n) is 1.28. The Morgan fingerprint density at radius 2 is 1.77 bits per heavy atom. The molecule has 0 aliphatic heterocycles. The molecule has 7 heteroatoms. The van der Waals surface area contributed by atoms with Crippen LogP contribution in [0, 0.1) is 5.92 Å². The fourth-order valence-corrected chi connectivity index (χ4v) is 1.28. The summed E-state index contributed by atoms with van der Waals surface area (Å²) in [5, 5.41) is 5.38. The van der Waals surface area contributed by atoms with Crippen LogP contribution in [-0.4, -0.2) is 57.1 Å². The minimum atomic E-state index is -0.345. The van der Waals surface area contributed by atoms with E-state index in [1.54, 1.807) is 0 Å². The number of hydrogen-bond donors (Lipinski definition) is 2. The van der Waals surface area contributed by atoms with Crippen LogP contribution in [0.4, 0.5) is 0 Å². The van der Waals surface area contributed by atoms with E-state index in [0.29, 0.717) is 38.6 Å². The zero-order valence-electron chi connectivity index (χ0n) is 13.5. The second kappa shape index (κ2) is 13.0. The SMILES string of the molecule is CC(C)C(C)NC(=O)COCCOCCNC(=O)/C=C\C=O. The fraction of sp³-hybridized carbons (Fsp3) is 0.667. The summed E-state index contributed by atoms with van der Waals surface area (Å²) in [4.78, 5) is 32.6. The molecule has 0 fully saturated rings. The van der Waals surface area contributed by atoms with Crippen LogP contribution in [0.2, 0.25) is 0 Å². The third-order valence-corrected chi connectivity index (χ3v) is 2.87. The van der Waals surface area contributed by atoms with Crippen molar-refractivity contribution in [2.75, 3.05) is 33.0 Å². The number of allylic oxidation sites excluding steroid dienone is 1. The van der Waals surface area contributed by atoms with Crippen LogP contribution in [0.5, 0.6) is 0 Å². The van der Waals surface area contributed by atoms with Crippen LogP contribution < -0.4 is 10.6 Å². The van der Waals surface area contributed by atoms with Gasteiger partial charge in [0.15, 0.2) is 0 Å². The highest BCUT2D eigenvalue weighted by molar-refractivity contribution is 5.90. The van der Waals surface area contributed by atoms with Crippen LogP contribution >= 0.6 is 0 Å². The molecular weight excluding hydrogens is 288 g/mol. The van der Waals surface area contributed by atoms with E-state index in [-0.39, 0.29) is 24.5 Å². The van der Waals surface area contributed by atoms with Gasteiger partial charge >= 0.3 is 0 Å². The molecule has 0 spiro atoms. The lowest BCUT2D eigenvalue weighted by molar-refractivity contribution is -0.127. The molecule has 0 aromatic heterocycles. The lowest BCUT2D eigenvalue weighted by Crippen LogP contribution is -2.38. The molecule has 0 aliphatic carbocycles. The van der Waals surface area contributed by atoms with E-state index in [1.165, 1.54) is 0 Å². The average molecular weight is 314 g/mol. The molecule has 1 unspecified atom stereocenters. The summed E-state index contributed by atoms with van der Waals surface area (Å²) in [6, 6.07) is 0.115. The summed E-state index contributed by atoms with van der Waals surface area (Å²) in [5.41, 5.74) is 0. The highest BCUT2D eigenvalue weighted by Gasteiger charge is 2.10. The molecule has 0 heterocycles. The molecule has 0 aliphatic rings. The maximum absolute atomic E-state index is 11.5. The molecule has 0 bridgehead atoms. The number of carbonyl (C=O) groups excluding carboxylic acids is 3. The molecule has 1 atom stereocenters. The third kappa shape index (κ3) is 12.0. The number of rotatable bonds is 12. The Kier molecular flexibility index (Phi) is 11.9. The summed E-state index contributed by atoms with van der Waals surface area (Å²) in [7, 11) is 0. The minimum absolute atomic E-state index is 0.00759. The predicted molar refractivity (Wildman–Crippen MR) is 82.3 cm³/mol. The standard InChI is InChI=1S/C15H26N2O5/c1-12(2)13(3)17-15(20)11-22-10-9-21-8-6-16-14(19)5-4-7-18/h4-5,7,12-13H,6,8-11H2,1-3H3,(H,16,19)(H,17,20)/b5-4-. The summed E-state index contributed by atoms with van der Waals surface area (Å²) in [6.07, 6.45) is 2.80. The largest absolute Gasteiger partial charge is 0.377 e. The van der Waals surface area contributed by atoms with E-state index in [0.717, 1.165) is 12.2 Å². The van der Waals surface area contributed by atoms with Gasteiger partial charge in [-0.2, -0.15) is 0 Å². The van der Waals surface area contributed by atoms with Gasteiger partial charge in [0.1, 0.15) is 12.9 Å². The van der Waals surface area contributed by atoms with Gasteiger partial charge in [-0.1, -0.05) is 13.8 Å². The summed E-state index contributed by atoms with van der Waals surface area (Å²) in [6.45, 7) is 7.35. The predicted octanol–water partition coefficient (Wildman–Crippen LogP) is 0.0516. The van der Waals surface area contributed by atoms with Gasteiger partial charge in [0.25, 0.3) is 0 Å². The molecule has 2 N–H and O–H groups in total. The lowest BCUT2D eigenvalue weighted by atomic mass is 10.1. The van der Waals surface area contributed by atoms with Gasteiger partial charge in [-0.05, 0) is 18.9 Å². The van der Waals surface area contributed by atoms with Crippen LogP contribution in [-0.2, 0) is 23.9 Å². The lowest BCUT2D eigenvalue weighted by Gasteiger charge is -2.17. The molecule has 0 saturated heterocycles. The van der Waals surface area contributed by atoms with Gasteiger partial charge in [0.2, 0.25) is 11.8 Å². The van der Waals surface area contributed by atoms with Gasteiger partial charge < -0.3 is 20.1 Å². The molecule has 7 nitrogen and oxygen atoms in total. The van der Waals surface area contributed by atoms with E-state index < -0.39 is 0 Å². The van der Waals surface area contributed by atoms with E-state index in [1.807, 2.05) is 20.8 Å².